The third kappa shape index (κ3) is 2.01. The lowest BCUT2D eigenvalue weighted by Gasteiger charge is -1.96. The smallest absolute Gasteiger partial charge is 0.313 e. The van der Waals surface area contributed by atoms with Gasteiger partial charge in [0.1, 0.15) is 12.2 Å². The van der Waals surface area contributed by atoms with E-state index >= 15 is 0 Å². The molecule has 0 aromatic heterocycles. The molecule has 1 aliphatic rings. The molecule has 0 saturated heterocycles. The van der Waals surface area contributed by atoms with Crippen molar-refractivity contribution in [1.29, 1.82) is 0 Å². The average molecular weight is 157 g/mol. The number of Topliss-reactive ketones (excluding diaryl/α,β-unsaturated/α-hetero) is 1. The van der Waals surface area contributed by atoms with Gasteiger partial charge in [-0.3, -0.25) is 9.59 Å². The van der Waals surface area contributed by atoms with Gasteiger partial charge < -0.3 is 10.5 Å². The van der Waals surface area contributed by atoms with Crippen molar-refractivity contribution in [3.05, 3.63) is 0 Å². The Bertz CT molecular complexity index is 190. The minimum absolute atomic E-state index is 0.0212. The first-order valence-electron chi connectivity index (χ1n) is 3.50. The summed E-state index contributed by atoms with van der Waals surface area (Å²) < 4.78 is 4.33. The second-order valence-electron chi connectivity index (χ2n) is 2.73. The van der Waals surface area contributed by atoms with Crippen LogP contribution in [0.3, 0.4) is 0 Å². The van der Waals surface area contributed by atoms with Crippen molar-refractivity contribution >= 4 is 11.8 Å². The molecule has 1 rings (SSSR count). The average Bonchev–Trinajstić information content (AvgIpc) is 2.66. The summed E-state index contributed by atoms with van der Waals surface area (Å²) in [6.07, 6.45) is 0.588. The van der Waals surface area contributed by atoms with Crippen molar-refractivity contribution in [3.63, 3.8) is 0 Å². The zero-order chi connectivity index (χ0) is 8.43. The van der Waals surface area contributed by atoms with Gasteiger partial charge in [0.2, 0.25) is 0 Å². The number of ether oxygens (including phenoxy) is 1. The molecule has 1 saturated carbocycles. The van der Waals surface area contributed by atoms with Gasteiger partial charge in [0.25, 0.3) is 0 Å². The molecule has 0 bridgehead atoms. The molecular formula is C7H11NO3. The molecule has 0 aromatic rings. The van der Waals surface area contributed by atoms with E-state index in [2.05, 4.69) is 4.74 Å². The summed E-state index contributed by atoms with van der Waals surface area (Å²) in [6, 6.07) is -0.0212. The largest absolute Gasteiger partial charge is 0.469 e. The highest BCUT2D eigenvalue weighted by Crippen LogP contribution is 2.29. The normalized spacial score (nSPS) is 27.8. The molecule has 0 spiro atoms. The van der Waals surface area contributed by atoms with Crippen molar-refractivity contribution in [2.75, 3.05) is 7.11 Å². The highest BCUT2D eigenvalue weighted by Gasteiger charge is 2.40. The molecule has 4 heteroatoms. The first kappa shape index (κ1) is 8.20. The van der Waals surface area contributed by atoms with Gasteiger partial charge in [0.15, 0.2) is 0 Å². The molecule has 0 aromatic carbocycles. The number of hydrogen-bond acceptors (Lipinski definition) is 4. The fourth-order valence-electron chi connectivity index (χ4n) is 0.930. The molecule has 2 N–H and O–H groups in total. The van der Waals surface area contributed by atoms with Gasteiger partial charge >= 0.3 is 5.97 Å². The summed E-state index contributed by atoms with van der Waals surface area (Å²) in [5.41, 5.74) is 5.41. The van der Waals surface area contributed by atoms with Crippen molar-refractivity contribution in [2.45, 2.75) is 18.9 Å². The van der Waals surface area contributed by atoms with Crippen LogP contribution in [0.1, 0.15) is 12.8 Å². The van der Waals surface area contributed by atoms with E-state index in [-0.39, 0.29) is 24.2 Å². The third-order valence-electron chi connectivity index (χ3n) is 1.80. The summed E-state index contributed by atoms with van der Waals surface area (Å²) in [5.74, 6) is -0.660. The molecule has 4 nitrogen and oxygen atoms in total. The summed E-state index contributed by atoms with van der Waals surface area (Å²) in [7, 11) is 1.27. The monoisotopic (exact) mass is 157 g/mol. The quantitative estimate of drug-likeness (QED) is 0.441. The number of esters is 1. The fraction of sp³-hybridized carbons (Fsp3) is 0.714. The number of nitrogens with two attached hydrogens (primary N) is 1. The van der Waals surface area contributed by atoms with E-state index in [0.29, 0.717) is 0 Å². The SMILES string of the molecule is COC(=O)CC(=O)C1CC1N. The van der Waals surface area contributed by atoms with E-state index in [1.54, 1.807) is 0 Å². The summed E-state index contributed by atoms with van der Waals surface area (Å²) >= 11 is 0. The van der Waals surface area contributed by atoms with Crippen LogP contribution < -0.4 is 5.73 Å². The van der Waals surface area contributed by atoms with Gasteiger partial charge in [-0.2, -0.15) is 0 Å². The minimum Gasteiger partial charge on any atom is -0.469 e. The molecule has 1 fully saturated rings. The Morgan fingerprint density at radius 1 is 1.64 bits per heavy atom. The van der Waals surface area contributed by atoms with Crippen molar-refractivity contribution in [3.8, 4) is 0 Å². The van der Waals surface area contributed by atoms with Gasteiger partial charge in [-0.1, -0.05) is 0 Å². The van der Waals surface area contributed by atoms with Gasteiger partial charge in [0.05, 0.1) is 7.11 Å². The lowest BCUT2D eigenvalue weighted by Crippen LogP contribution is -2.15. The Balaban J connectivity index is 2.27. The maximum atomic E-state index is 11.0. The molecule has 11 heavy (non-hydrogen) atoms. The van der Waals surface area contributed by atoms with E-state index in [9.17, 15) is 9.59 Å². The van der Waals surface area contributed by atoms with Crippen molar-refractivity contribution in [2.24, 2.45) is 11.7 Å². The lowest BCUT2D eigenvalue weighted by atomic mass is 10.2. The van der Waals surface area contributed by atoms with E-state index < -0.39 is 5.97 Å². The predicted molar refractivity (Wildman–Crippen MR) is 37.7 cm³/mol. The molecule has 0 radical (unpaired) electrons. The standard InChI is InChI=1S/C7H11NO3/c1-11-7(10)3-6(9)4-2-5(4)8/h4-5H,2-3,8H2,1H3. The topological polar surface area (TPSA) is 69.4 Å². The Morgan fingerprint density at radius 3 is 2.55 bits per heavy atom. The van der Waals surface area contributed by atoms with Crippen LogP contribution in [0.5, 0.6) is 0 Å². The molecule has 0 aliphatic heterocycles. The summed E-state index contributed by atoms with van der Waals surface area (Å²) in [6.45, 7) is 0. The van der Waals surface area contributed by atoms with Crippen LogP contribution in [0.2, 0.25) is 0 Å². The second-order valence-corrected chi connectivity index (χ2v) is 2.73. The Morgan fingerprint density at radius 2 is 2.18 bits per heavy atom. The molecule has 1 aliphatic carbocycles. The van der Waals surface area contributed by atoms with Gasteiger partial charge in [-0.05, 0) is 6.42 Å². The van der Waals surface area contributed by atoms with Gasteiger partial charge in [-0.15, -0.1) is 0 Å². The molecular weight excluding hydrogens is 146 g/mol. The zero-order valence-electron chi connectivity index (χ0n) is 6.37. The zero-order valence-corrected chi connectivity index (χ0v) is 6.37. The Hall–Kier alpha value is -0.900. The minimum atomic E-state index is -0.478. The fourth-order valence-corrected chi connectivity index (χ4v) is 0.930. The van der Waals surface area contributed by atoms with Crippen LogP contribution in [-0.4, -0.2) is 24.9 Å². The lowest BCUT2D eigenvalue weighted by molar-refractivity contribution is -0.143. The number of carbonyl (C=O) groups is 2. The number of hydrogen-bond donors (Lipinski definition) is 1. The molecule has 2 atom stereocenters. The number of methoxy groups -OCH3 is 1. The van der Waals surface area contributed by atoms with Crippen LogP contribution in [0, 0.1) is 5.92 Å². The van der Waals surface area contributed by atoms with E-state index in [0.717, 1.165) is 6.42 Å². The molecule has 0 amide bonds. The van der Waals surface area contributed by atoms with E-state index in [1.807, 2.05) is 0 Å². The van der Waals surface area contributed by atoms with Gasteiger partial charge in [0, 0.05) is 12.0 Å². The van der Waals surface area contributed by atoms with E-state index in [1.165, 1.54) is 7.11 Å². The van der Waals surface area contributed by atoms with E-state index in [4.69, 9.17) is 5.73 Å². The first-order chi connectivity index (χ1) is 5.15. The second kappa shape index (κ2) is 3.00. The highest BCUT2D eigenvalue weighted by atomic mass is 16.5. The van der Waals surface area contributed by atoms with Crippen molar-refractivity contribution < 1.29 is 14.3 Å². The van der Waals surface area contributed by atoms with Crippen LogP contribution in [-0.2, 0) is 14.3 Å². The van der Waals surface area contributed by atoms with Crippen LogP contribution in [0.4, 0.5) is 0 Å². The molecule has 0 heterocycles. The van der Waals surface area contributed by atoms with Gasteiger partial charge in [-0.25, -0.2) is 0 Å². The third-order valence-corrected chi connectivity index (χ3v) is 1.80. The van der Waals surface area contributed by atoms with Crippen LogP contribution in [0.25, 0.3) is 0 Å². The molecule has 2 unspecified atom stereocenters. The highest BCUT2D eigenvalue weighted by molar-refractivity contribution is 5.98. The summed E-state index contributed by atoms with van der Waals surface area (Å²) in [5, 5.41) is 0. The van der Waals surface area contributed by atoms with Crippen LogP contribution in [0.15, 0.2) is 0 Å². The molecule has 62 valence electrons. The Kier molecular flexibility index (Phi) is 2.24. The Labute approximate surface area is 64.7 Å². The summed E-state index contributed by atoms with van der Waals surface area (Å²) in [4.78, 5) is 21.6. The van der Waals surface area contributed by atoms with Crippen molar-refractivity contribution in [1.82, 2.24) is 0 Å². The maximum Gasteiger partial charge on any atom is 0.313 e. The number of rotatable bonds is 3. The first-order valence-corrected chi connectivity index (χ1v) is 3.50. The maximum absolute atomic E-state index is 11.0. The van der Waals surface area contributed by atoms with Crippen LogP contribution >= 0.6 is 0 Å². The number of ketones is 1. The number of carbonyl (C=O) groups excluding carboxylic acids is 2. The predicted octanol–water partition coefficient (Wildman–Crippen LogP) is -0.534.